The molecule has 0 atom stereocenters. The molecule has 2 amide bonds. The van der Waals surface area contributed by atoms with E-state index in [2.05, 4.69) is 20.6 Å². The Hall–Kier alpha value is -3.35. The molecule has 0 radical (unpaired) electrons. The van der Waals surface area contributed by atoms with Gasteiger partial charge in [0, 0.05) is 24.2 Å². The minimum absolute atomic E-state index is 0.00920. The van der Waals surface area contributed by atoms with Crippen LogP contribution in [0.4, 0.5) is 11.5 Å². The fourth-order valence-electron chi connectivity index (χ4n) is 3.35. The summed E-state index contributed by atoms with van der Waals surface area (Å²) in [5.74, 6) is 0.527. The smallest absolute Gasteiger partial charge is 0.257 e. The fraction of sp³-hybridized carbons (Fsp3) is 0.250. The molecule has 7 heteroatoms. The van der Waals surface area contributed by atoms with Gasteiger partial charge in [-0.2, -0.15) is 0 Å². The van der Waals surface area contributed by atoms with Gasteiger partial charge in [0.1, 0.15) is 5.82 Å². The van der Waals surface area contributed by atoms with Gasteiger partial charge in [0.15, 0.2) is 0 Å². The summed E-state index contributed by atoms with van der Waals surface area (Å²) in [5, 5.41) is 6.74. The second-order valence-electron chi connectivity index (χ2n) is 6.73. The summed E-state index contributed by atoms with van der Waals surface area (Å²) in [6.45, 7) is 5.67. The first-order valence-electron chi connectivity index (χ1n) is 8.90. The van der Waals surface area contributed by atoms with Gasteiger partial charge in [-0.25, -0.2) is 4.98 Å². The van der Waals surface area contributed by atoms with Crippen LogP contribution in [-0.2, 0) is 4.79 Å². The van der Waals surface area contributed by atoms with Gasteiger partial charge in [0.05, 0.1) is 29.5 Å². The van der Waals surface area contributed by atoms with Crippen molar-refractivity contribution in [2.45, 2.75) is 13.8 Å². The molecule has 4 rings (SSSR count). The lowest BCUT2D eigenvalue weighted by molar-refractivity contribution is -0.120. The van der Waals surface area contributed by atoms with E-state index in [9.17, 15) is 9.59 Å². The van der Waals surface area contributed by atoms with E-state index >= 15 is 0 Å². The van der Waals surface area contributed by atoms with Crippen LogP contribution in [0.25, 0.3) is 10.9 Å². The average molecular weight is 363 g/mol. The van der Waals surface area contributed by atoms with Gasteiger partial charge in [-0.15, -0.1) is 0 Å². The van der Waals surface area contributed by atoms with E-state index in [0.29, 0.717) is 24.3 Å². The first-order valence-corrected chi connectivity index (χ1v) is 8.90. The largest absolute Gasteiger partial charge is 0.358 e. The number of anilines is 2. The molecule has 138 valence electrons. The van der Waals surface area contributed by atoms with Crippen molar-refractivity contribution in [2.75, 3.05) is 29.9 Å². The zero-order valence-corrected chi connectivity index (χ0v) is 15.3. The monoisotopic (exact) mass is 363 g/mol. The number of fused-ring (bicyclic) bond motifs is 1. The third-order valence-corrected chi connectivity index (χ3v) is 4.96. The maximum absolute atomic E-state index is 12.8. The molecule has 7 nitrogen and oxygen atoms in total. The van der Waals surface area contributed by atoms with E-state index in [0.717, 1.165) is 34.5 Å². The van der Waals surface area contributed by atoms with E-state index in [1.54, 1.807) is 18.3 Å². The number of para-hydroxylation sites is 1. The number of benzene rings is 1. The molecule has 1 aromatic carbocycles. The van der Waals surface area contributed by atoms with Crippen LogP contribution in [0.3, 0.4) is 0 Å². The molecule has 3 aromatic rings. The number of H-pyrrole nitrogens is 1. The molecule has 1 fully saturated rings. The van der Waals surface area contributed by atoms with Crippen molar-refractivity contribution in [1.82, 2.24) is 15.3 Å². The summed E-state index contributed by atoms with van der Waals surface area (Å²) in [5.41, 5.74) is 4.26. The maximum Gasteiger partial charge on any atom is 0.257 e. The van der Waals surface area contributed by atoms with Crippen LogP contribution < -0.4 is 15.5 Å². The molecule has 3 N–H and O–H groups in total. The Morgan fingerprint density at radius 1 is 1.22 bits per heavy atom. The van der Waals surface area contributed by atoms with Crippen LogP contribution in [0.15, 0.2) is 36.5 Å². The van der Waals surface area contributed by atoms with Crippen molar-refractivity contribution >= 4 is 34.2 Å². The molecule has 1 aliphatic heterocycles. The maximum atomic E-state index is 12.8. The van der Waals surface area contributed by atoms with Crippen molar-refractivity contribution in [3.05, 3.63) is 53.3 Å². The van der Waals surface area contributed by atoms with Gasteiger partial charge in [0.2, 0.25) is 5.91 Å². The Bertz CT molecular complexity index is 1020. The molecule has 3 heterocycles. The van der Waals surface area contributed by atoms with Crippen LogP contribution >= 0.6 is 0 Å². The zero-order valence-electron chi connectivity index (χ0n) is 15.3. The molecule has 0 saturated carbocycles. The van der Waals surface area contributed by atoms with Gasteiger partial charge in [-0.1, -0.05) is 12.1 Å². The third-order valence-electron chi connectivity index (χ3n) is 4.96. The summed E-state index contributed by atoms with van der Waals surface area (Å²) in [6.07, 6.45) is 1.62. The van der Waals surface area contributed by atoms with Gasteiger partial charge in [-0.3, -0.25) is 9.59 Å². The normalized spacial score (nSPS) is 14.3. The number of hydrogen-bond acceptors (Lipinski definition) is 4. The minimum atomic E-state index is -0.186. The summed E-state index contributed by atoms with van der Waals surface area (Å²) in [6, 6.07) is 9.33. The summed E-state index contributed by atoms with van der Waals surface area (Å²) in [4.78, 5) is 33.9. The van der Waals surface area contributed by atoms with Crippen molar-refractivity contribution in [3.63, 3.8) is 0 Å². The highest BCUT2D eigenvalue weighted by Crippen LogP contribution is 2.25. The first kappa shape index (κ1) is 17.1. The summed E-state index contributed by atoms with van der Waals surface area (Å²) in [7, 11) is 0. The van der Waals surface area contributed by atoms with E-state index in [1.807, 2.05) is 36.9 Å². The quantitative estimate of drug-likeness (QED) is 0.666. The Morgan fingerprint density at radius 3 is 2.81 bits per heavy atom. The molecular weight excluding hydrogens is 342 g/mol. The SMILES string of the molecule is Cc1[nH]c2c(C(=O)Nc3ccc(N4CCNC(=O)C4)nc3)cccc2c1C. The minimum Gasteiger partial charge on any atom is -0.358 e. The molecular formula is C20H21N5O2. The van der Waals surface area contributed by atoms with Crippen LogP contribution in [0.1, 0.15) is 21.6 Å². The number of nitrogens with zero attached hydrogens (tertiary/aromatic N) is 2. The van der Waals surface area contributed by atoms with Crippen LogP contribution in [-0.4, -0.2) is 41.4 Å². The Labute approximate surface area is 156 Å². The number of rotatable bonds is 3. The number of carbonyl (C=O) groups excluding carboxylic acids is 2. The number of piperazine rings is 1. The lowest BCUT2D eigenvalue weighted by Crippen LogP contribution is -2.48. The highest BCUT2D eigenvalue weighted by molar-refractivity contribution is 6.12. The number of aryl methyl sites for hydroxylation is 2. The molecule has 27 heavy (non-hydrogen) atoms. The van der Waals surface area contributed by atoms with Gasteiger partial charge >= 0.3 is 0 Å². The molecule has 1 aliphatic rings. The summed E-state index contributed by atoms with van der Waals surface area (Å²) < 4.78 is 0. The number of hydrogen-bond donors (Lipinski definition) is 3. The van der Waals surface area contributed by atoms with Crippen LogP contribution in [0, 0.1) is 13.8 Å². The predicted octanol–water partition coefficient (Wildman–Crippen LogP) is 2.37. The Morgan fingerprint density at radius 2 is 2.07 bits per heavy atom. The molecule has 1 saturated heterocycles. The number of aromatic amines is 1. The molecule has 2 aromatic heterocycles. The van der Waals surface area contributed by atoms with E-state index < -0.39 is 0 Å². The Balaban J connectivity index is 1.53. The number of nitrogens with one attached hydrogen (secondary N) is 3. The number of aromatic nitrogens is 2. The third kappa shape index (κ3) is 3.23. The number of carbonyl (C=O) groups is 2. The van der Waals surface area contributed by atoms with Gasteiger partial charge in [-0.05, 0) is 37.6 Å². The first-order chi connectivity index (χ1) is 13.0. The topological polar surface area (TPSA) is 90.1 Å². The molecule has 0 bridgehead atoms. The lowest BCUT2D eigenvalue weighted by Gasteiger charge is -2.27. The molecule has 0 spiro atoms. The lowest BCUT2D eigenvalue weighted by atomic mass is 10.1. The van der Waals surface area contributed by atoms with Crippen molar-refractivity contribution in [2.24, 2.45) is 0 Å². The molecule has 0 unspecified atom stereocenters. The average Bonchev–Trinajstić information content (AvgIpc) is 2.96. The highest BCUT2D eigenvalue weighted by atomic mass is 16.2. The van der Waals surface area contributed by atoms with Crippen molar-refractivity contribution < 1.29 is 9.59 Å². The second-order valence-corrected chi connectivity index (χ2v) is 6.73. The van der Waals surface area contributed by atoms with E-state index in [-0.39, 0.29) is 11.8 Å². The van der Waals surface area contributed by atoms with E-state index in [1.165, 1.54) is 0 Å². The van der Waals surface area contributed by atoms with Crippen molar-refractivity contribution in [1.29, 1.82) is 0 Å². The Kier molecular flexibility index (Phi) is 4.27. The summed E-state index contributed by atoms with van der Waals surface area (Å²) >= 11 is 0. The van der Waals surface area contributed by atoms with E-state index in [4.69, 9.17) is 0 Å². The second kappa shape index (κ2) is 6.75. The van der Waals surface area contributed by atoms with Crippen LogP contribution in [0.5, 0.6) is 0 Å². The van der Waals surface area contributed by atoms with Gasteiger partial charge < -0.3 is 20.5 Å². The zero-order chi connectivity index (χ0) is 19.0. The van der Waals surface area contributed by atoms with Gasteiger partial charge in [0.25, 0.3) is 5.91 Å². The highest BCUT2D eigenvalue weighted by Gasteiger charge is 2.18. The standard InChI is InChI=1S/C20H21N5O2/c1-12-13(2)23-19-15(12)4-3-5-16(19)20(27)24-14-6-7-17(22-10-14)25-9-8-21-18(26)11-25/h3-7,10,23H,8-9,11H2,1-2H3,(H,21,26)(H,24,27). The number of pyridine rings is 1. The van der Waals surface area contributed by atoms with Crippen LogP contribution in [0.2, 0.25) is 0 Å². The fourth-order valence-corrected chi connectivity index (χ4v) is 3.35. The number of amides is 2. The van der Waals surface area contributed by atoms with Crippen molar-refractivity contribution in [3.8, 4) is 0 Å². The predicted molar refractivity (Wildman–Crippen MR) is 105 cm³/mol. The molecule has 0 aliphatic carbocycles.